The van der Waals surface area contributed by atoms with Gasteiger partial charge in [0.05, 0.1) is 11.4 Å². The molecule has 0 saturated carbocycles. The zero-order valence-electron chi connectivity index (χ0n) is 20.2. The van der Waals surface area contributed by atoms with Crippen molar-refractivity contribution in [2.24, 2.45) is 7.05 Å². The lowest BCUT2D eigenvalue weighted by Crippen LogP contribution is -2.29. The second-order valence-electron chi connectivity index (χ2n) is 8.60. The van der Waals surface area contributed by atoms with Gasteiger partial charge in [-0.25, -0.2) is 14.6 Å². The van der Waals surface area contributed by atoms with Crippen LogP contribution < -0.4 is 15.4 Å². The second-order valence-corrected chi connectivity index (χ2v) is 8.60. The monoisotopic (exact) mass is 467 g/mol. The number of aliphatic hydroxyl groups is 1. The summed E-state index contributed by atoms with van der Waals surface area (Å²) in [5.41, 5.74) is 4.23. The highest BCUT2D eigenvalue weighted by Crippen LogP contribution is 2.32. The Balaban J connectivity index is 1.71. The summed E-state index contributed by atoms with van der Waals surface area (Å²) < 4.78 is 13.1. The summed E-state index contributed by atoms with van der Waals surface area (Å²) in [6.45, 7) is 6.09. The summed E-state index contributed by atoms with van der Waals surface area (Å²) in [7, 11) is 3.66. The molecule has 182 valence electrons. The molecule has 34 heavy (non-hydrogen) atoms. The molecule has 0 bridgehead atoms. The molecule has 2 aromatic heterocycles. The Kier molecular flexibility index (Phi) is 7.71. The predicted molar refractivity (Wildman–Crippen MR) is 130 cm³/mol. The van der Waals surface area contributed by atoms with Gasteiger partial charge in [-0.15, -0.1) is 5.10 Å². The van der Waals surface area contributed by atoms with E-state index in [1.165, 1.54) is 0 Å². The topological polar surface area (TPSA) is 119 Å². The van der Waals surface area contributed by atoms with Crippen molar-refractivity contribution in [2.45, 2.75) is 38.8 Å². The van der Waals surface area contributed by atoms with E-state index in [4.69, 9.17) is 19.4 Å². The molecule has 3 N–H and O–H groups in total. The number of hydrogen-bond donors (Lipinski definition) is 3. The van der Waals surface area contributed by atoms with Gasteiger partial charge in [0.1, 0.15) is 30.0 Å². The fourth-order valence-corrected chi connectivity index (χ4v) is 4.05. The lowest BCUT2D eigenvalue weighted by Gasteiger charge is -2.25. The quantitative estimate of drug-likeness (QED) is 0.435. The Morgan fingerprint density at radius 2 is 2.03 bits per heavy atom. The number of hydrogen-bond acceptors (Lipinski definition) is 9. The lowest BCUT2D eigenvalue weighted by atomic mass is 10.1. The molecule has 10 heteroatoms. The minimum absolute atomic E-state index is 0.195. The molecule has 10 nitrogen and oxygen atoms in total. The van der Waals surface area contributed by atoms with Crippen LogP contribution in [0.3, 0.4) is 0 Å². The lowest BCUT2D eigenvalue weighted by molar-refractivity contribution is 0.0904. The highest BCUT2D eigenvalue weighted by atomic mass is 16.5. The predicted octanol–water partition coefficient (Wildman–Crippen LogP) is 2.11. The second kappa shape index (κ2) is 10.9. The molecule has 3 heterocycles. The molecule has 3 aromatic rings. The SMILES string of the molecule is CNCC(O)COc1cccc(-c2nc(NC3CCOCC3)c(C)c(-c3c(C)nnn3C)n2)c1. The smallest absolute Gasteiger partial charge is 0.162 e. The van der Waals surface area contributed by atoms with Crippen molar-refractivity contribution in [2.75, 3.05) is 38.7 Å². The zero-order valence-corrected chi connectivity index (χ0v) is 20.2. The maximum atomic E-state index is 9.97. The number of nitrogens with one attached hydrogen (secondary N) is 2. The van der Waals surface area contributed by atoms with Gasteiger partial charge in [0.2, 0.25) is 0 Å². The number of aryl methyl sites for hydroxylation is 2. The van der Waals surface area contributed by atoms with E-state index in [0.29, 0.717) is 18.1 Å². The summed E-state index contributed by atoms with van der Waals surface area (Å²) in [6, 6.07) is 7.91. The number of benzene rings is 1. The molecule has 1 fully saturated rings. The summed E-state index contributed by atoms with van der Waals surface area (Å²) in [4.78, 5) is 9.84. The van der Waals surface area contributed by atoms with E-state index in [1.807, 2.05) is 45.2 Å². The van der Waals surface area contributed by atoms with Crippen molar-refractivity contribution in [3.05, 3.63) is 35.5 Å². The Morgan fingerprint density at radius 3 is 2.74 bits per heavy atom. The largest absolute Gasteiger partial charge is 0.491 e. The molecule has 0 aliphatic carbocycles. The highest BCUT2D eigenvalue weighted by molar-refractivity contribution is 5.71. The van der Waals surface area contributed by atoms with Crippen LogP contribution in [0.4, 0.5) is 5.82 Å². The zero-order chi connectivity index (χ0) is 24.1. The first-order valence-electron chi connectivity index (χ1n) is 11.6. The van der Waals surface area contributed by atoms with E-state index in [9.17, 15) is 5.11 Å². The Morgan fingerprint density at radius 1 is 1.24 bits per heavy atom. The van der Waals surface area contributed by atoms with E-state index >= 15 is 0 Å². The van der Waals surface area contributed by atoms with Gasteiger partial charge in [0, 0.05) is 44.0 Å². The van der Waals surface area contributed by atoms with Gasteiger partial charge in [-0.1, -0.05) is 17.3 Å². The summed E-state index contributed by atoms with van der Waals surface area (Å²) in [5, 5.41) is 24.9. The average Bonchev–Trinajstić information content (AvgIpc) is 3.18. The standard InChI is InChI=1S/C24H33N7O3/c1-15-21(22-16(2)29-30-31(22)4)27-24(28-23(15)26-18-8-10-33-11-9-18)17-6-5-7-20(12-17)34-14-19(32)13-25-3/h5-7,12,18-19,25,32H,8-11,13-14H2,1-4H3,(H,26,27,28). The molecular formula is C24H33N7O3. The van der Waals surface area contributed by atoms with Gasteiger partial charge in [-0.05, 0) is 45.9 Å². The van der Waals surface area contributed by atoms with E-state index < -0.39 is 6.10 Å². The van der Waals surface area contributed by atoms with Crippen LogP contribution in [-0.2, 0) is 11.8 Å². The fourth-order valence-electron chi connectivity index (χ4n) is 4.05. The number of rotatable bonds is 9. The van der Waals surface area contributed by atoms with Crippen molar-refractivity contribution < 1.29 is 14.6 Å². The van der Waals surface area contributed by atoms with Crippen LogP contribution in [0, 0.1) is 13.8 Å². The average molecular weight is 468 g/mol. The van der Waals surface area contributed by atoms with Gasteiger partial charge in [-0.2, -0.15) is 0 Å². The third-order valence-corrected chi connectivity index (χ3v) is 5.90. The number of nitrogens with zero attached hydrogens (tertiary/aromatic N) is 5. The minimum Gasteiger partial charge on any atom is -0.491 e. The summed E-state index contributed by atoms with van der Waals surface area (Å²) in [6.07, 6.45) is 1.27. The maximum Gasteiger partial charge on any atom is 0.162 e. The van der Waals surface area contributed by atoms with Gasteiger partial charge < -0.3 is 25.2 Å². The highest BCUT2D eigenvalue weighted by Gasteiger charge is 2.22. The molecule has 1 aliphatic rings. The summed E-state index contributed by atoms with van der Waals surface area (Å²) >= 11 is 0. The molecule has 1 aromatic carbocycles. The molecular weight excluding hydrogens is 434 g/mol. The molecule has 1 saturated heterocycles. The van der Waals surface area contributed by atoms with Crippen LogP contribution in [0.25, 0.3) is 22.8 Å². The van der Waals surface area contributed by atoms with Crippen LogP contribution in [0.1, 0.15) is 24.1 Å². The van der Waals surface area contributed by atoms with E-state index in [1.54, 1.807) is 11.7 Å². The van der Waals surface area contributed by atoms with Crippen molar-refractivity contribution in [3.63, 3.8) is 0 Å². The van der Waals surface area contributed by atoms with Gasteiger partial charge in [0.15, 0.2) is 5.82 Å². The van der Waals surface area contributed by atoms with Gasteiger partial charge in [0.25, 0.3) is 0 Å². The van der Waals surface area contributed by atoms with Crippen LogP contribution in [0.5, 0.6) is 5.75 Å². The number of anilines is 1. The Labute approximate surface area is 199 Å². The normalized spacial score (nSPS) is 15.3. The van der Waals surface area contributed by atoms with E-state index in [-0.39, 0.29) is 12.6 Å². The molecule has 1 unspecified atom stereocenters. The molecule has 1 atom stereocenters. The van der Waals surface area contributed by atoms with E-state index in [2.05, 4.69) is 20.9 Å². The van der Waals surface area contributed by atoms with Gasteiger partial charge in [-0.3, -0.25) is 0 Å². The first-order chi connectivity index (χ1) is 16.5. The molecule has 1 aliphatic heterocycles. The number of ether oxygens (including phenoxy) is 2. The number of aromatic nitrogens is 5. The van der Waals surface area contributed by atoms with E-state index in [0.717, 1.165) is 60.1 Å². The van der Waals surface area contributed by atoms with Crippen molar-refractivity contribution in [3.8, 4) is 28.5 Å². The van der Waals surface area contributed by atoms with Crippen molar-refractivity contribution >= 4 is 5.82 Å². The van der Waals surface area contributed by atoms with Crippen LogP contribution in [0.2, 0.25) is 0 Å². The molecule has 4 rings (SSSR count). The summed E-state index contributed by atoms with van der Waals surface area (Å²) in [5.74, 6) is 2.02. The third kappa shape index (κ3) is 5.52. The van der Waals surface area contributed by atoms with Crippen LogP contribution >= 0.6 is 0 Å². The first-order valence-corrected chi connectivity index (χ1v) is 11.6. The third-order valence-electron chi connectivity index (χ3n) is 5.90. The Bertz CT molecular complexity index is 1090. The number of aliphatic hydroxyl groups excluding tert-OH is 1. The van der Waals surface area contributed by atoms with Gasteiger partial charge >= 0.3 is 0 Å². The molecule has 0 amide bonds. The van der Waals surface area contributed by atoms with Crippen LogP contribution in [-0.4, -0.2) is 75.6 Å². The molecule has 0 spiro atoms. The van der Waals surface area contributed by atoms with Crippen LogP contribution in [0.15, 0.2) is 24.3 Å². The first kappa shape index (κ1) is 24.1. The number of likely N-dealkylation sites (N-methyl/N-ethyl adjacent to an activating group) is 1. The fraction of sp³-hybridized carbons (Fsp3) is 0.500. The maximum absolute atomic E-state index is 9.97. The molecule has 0 radical (unpaired) electrons. The Hall–Kier alpha value is -3.08. The van der Waals surface area contributed by atoms with Crippen molar-refractivity contribution in [1.29, 1.82) is 0 Å². The van der Waals surface area contributed by atoms with Crippen molar-refractivity contribution in [1.82, 2.24) is 30.3 Å². The minimum atomic E-state index is -0.591.